The van der Waals surface area contributed by atoms with E-state index in [1.807, 2.05) is 30.3 Å². The van der Waals surface area contributed by atoms with Crippen LogP contribution in [0.25, 0.3) is 11.3 Å². The summed E-state index contributed by atoms with van der Waals surface area (Å²) in [7, 11) is 1.50. The Labute approximate surface area is 138 Å². The Kier molecular flexibility index (Phi) is 4.03. The summed E-state index contributed by atoms with van der Waals surface area (Å²) < 4.78 is 5.18. The minimum Gasteiger partial charge on any atom is -0.338 e. The minimum atomic E-state index is -0.522. The summed E-state index contributed by atoms with van der Waals surface area (Å²) in [5.41, 5.74) is 2.16. The molecule has 1 N–H and O–H groups in total. The number of benzene rings is 1. The lowest BCUT2D eigenvalue weighted by atomic mass is 10.1. The van der Waals surface area contributed by atoms with Gasteiger partial charge in [-0.15, -0.1) is 0 Å². The van der Waals surface area contributed by atoms with Gasteiger partial charge < -0.3 is 9.42 Å². The first-order chi connectivity index (χ1) is 11.5. The maximum absolute atomic E-state index is 12.1. The third kappa shape index (κ3) is 2.85. The van der Waals surface area contributed by atoms with Crippen LogP contribution in [0.4, 0.5) is 10.7 Å². The fourth-order valence-corrected chi connectivity index (χ4v) is 2.45. The first kappa shape index (κ1) is 15.7. The van der Waals surface area contributed by atoms with Gasteiger partial charge in [-0.1, -0.05) is 35.5 Å². The molecule has 124 valence electrons. The quantitative estimate of drug-likeness (QED) is 0.858. The van der Waals surface area contributed by atoms with Gasteiger partial charge in [-0.05, 0) is 6.92 Å². The molecule has 0 atom stereocenters. The highest BCUT2D eigenvalue weighted by atomic mass is 16.5. The van der Waals surface area contributed by atoms with E-state index in [9.17, 15) is 14.4 Å². The van der Waals surface area contributed by atoms with Crippen LogP contribution < -0.4 is 5.32 Å². The summed E-state index contributed by atoms with van der Waals surface area (Å²) in [4.78, 5) is 37.7. The van der Waals surface area contributed by atoms with Crippen LogP contribution in [0, 0.1) is 6.92 Å². The van der Waals surface area contributed by atoms with Crippen molar-refractivity contribution < 1.29 is 18.9 Å². The molecule has 0 aliphatic carbocycles. The highest BCUT2D eigenvalue weighted by Crippen LogP contribution is 2.27. The minimum absolute atomic E-state index is 0.0222. The van der Waals surface area contributed by atoms with Crippen molar-refractivity contribution in [2.75, 3.05) is 25.5 Å². The second-order valence-electron chi connectivity index (χ2n) is 5.52. The summed E-state index contributed by atoms with van der Waals surface area (Å²) in [6.07, 6.45) is 0. The number of hydrogen-bond donors (Lipinski definition) is 1. The van der Waals surface area contributed by atoms with E-state index in [1.54, 1.807) is 6.92 Å². The number of amides is 4. The number of likely N-dealkylation sites (N-methyl/N-ethyl adjacent to an activating group) is 1. The van der Waals surface area contributed by atoms with Crippen LogP contribution in [0.2, 0.25) is 0 Å². The molecule has 8 nitrogen and oxygen atoms in total. The topological polar surface area (TPSA) is 95.8 Å². The van der Waals surface area contributed by atoms with Gasteiger partial charge in [-0.2, -0.15) is 0 Å². The van der Waals surface area contributed by atoms with Crippen LogP contribution in [0.1, 0.15) is 5.56 Å². The molecule has 0 bridgehead atoms. The van der Waals surface area contributed by atoms with Gasteiger partial charge >= 0.3 is 6.03 Å². The smallest absolute Gasteiger partial charge is 0.327 e. The number of urea groups is 1. The number of rotatable bonds is 4. The summed E-state index contributed by atoms with van der Waals surface area (Å²) in [5.74, 6) is -0.728. The normalized spacial score (nSPS) is 14.4. The lowest BCUT2D eigenvalue weighted by molar-refractivity contribution is -0.129. The van der Waals surface area contributed by atoms with E-state index in [1.165, 1.54) is 11.9 Å². The highest BCUT2D eigenvalue weighted by Gasteiger charge is 2.35. The molecule has 0 saturated carbocycles. The molecule has 1 aliphatic heterocycles. The molecule has 2 aromatic rings. The molecule has 24 heavy (non-hydrogen) atoms. The second-order valence-corrected chi connectivity index (χ2v) is 5.52. The predicted molar refractivity (Wildman–Crippen MR) is 85.0 cm³/mol. The van der Waals surface area contributed by atoms with Crippen molar-refractivity contribution >= 4 is 23.7 Å². The number of nitrogens with one attached hydrogen (secondary N) is 1. The van der Waals surface area contributed by atoms with Crippen LogP contribution in [0.3, 0.4) is 0 Å². The number of aromatic nitrogens is 1. The van der Waals surface area contributed by atoms with Crippen molar-refractivity contribution in [3.63, 3.8) is 0 Å². The Morgan fingerprint density at radius 3 is 2.62 bits per heavy atom. The summed E-state index contributed by atoms with van der Waals surface area (Å²) >= 11 is 0. The SMILES string of the molecule is Cc1c(-c2ccccc2)noc1NC(=O)CN1C(=O)CN(C)C1=O. The number of anilines is 1. The molecule has 2 heterocycles. The number of carbonyl (C=O) groups excluding carboxylic acids is 3. The van der Waals surface area contributed by atoms with E-state index in [-0.39, 0.29) is 19.0 Å². The Morgan fingerprint density at radius 2 is 2.00 bits per heavy atom. The van der Waals surface area contributed by atoms with Gasteiger partial charge in [0.05, 0.1) is 0 Å². The van der Waals surface area contributed by atoms with Crippen molar-refractivity contribution in [2.45, 2.75) is 6.92 Å². The molecular weight excluding hydrogens is 312 g/mol. The number of imide groups is 1. The molecule has 1 aromatic carbocycles. The van der Waals surface area contributed by atoms with Gasteiger partial charge in [0, 0.05) is 18.2 Å². The zero-order valence-corrected chi connectivity index (χ0v) is 13.3. The van der Waals surface area contributed by atoms with Crippen LogP contribution in [-0.2, 0) is 9.59 Å². The molecule has 0 spiro atoms. The molecule has 1 aliphatic rings. The van der Waals surface area contributed by atoms with Crippen molar-refractivity contribution in [1.82, 2.24) is 15.0 Å². The summed E-state index contributed by atoms with van der Waals surface area (Å²) in [6, 6.07) is 8.92. The maximum atomic E-state index is 12.1. The Hall–Kier alpha value is -3.16. The highest BCUT2D eigenvalue weighted by molar-refractivity contribution is 6.06. The van der Waals surface area contributed by atoms with Gasteiger partial charge in [0.25, 0.3) is 5.91 Å². The Bertz CT molecular complexity index is 800. The van der Waals surface area contributed by atoms with Crippen LogP contribution in [-0.4, -0.2) is 52.9 Å². The van der Waals surface area contributed by atoms with Gasteiger partial charge in [0.2, 0.25) is 11.8 Å². The first-order valence-corrected chi connectivity index (χ1v) is 7.34. The molecule has 4 amide bonds. The predicted octanol–water partition coefficient (Wildman–Crippen LogP) is 1.48. The van der Waals surface area contributed by atoms with Gasteiger partial charge in [0.1, 0.15) is 18.8 Å². The van der Waals surface area contributed by atoms with E-state index >= 15 is 0 Å². The van der Waals surface area contributed by atoms with Crippen molar-refractivity contribution in [2.24, 2.45) is 0 Å². The fraction of sp³-hybridized carbons (Fsp3) is 0.250. The monoisotopic (exact) mass is 328 g/mol. The fourth-order valence-electron chi connectivity index (χ4n) is 2.45. The zero-order valence-electron chi connectivity index (χ0n) is 13.3. The van der Waals surface area contributed by atoms with E-state index in [0.29, 0.717) is 11.3 Å². The molecule has 8 heteroatoms. The second kappa shape index (κ2) is 6.15. The Morgan fingerprint density at radius 1 is 1.29 bits per heavy atom. The molecule has 1 saturated heterocycles. The average molecular weight is 328 g/mol. The largest absolute Gasteiger partial charge is 0.338 e. The standard InChI is InChI=1S/C16H16N4O4/c1-10-14(11-6-4-3-5-7-11)18-24-15(10)17-12(21)8-20-13(22)9-19(2)16(20)23/h3-7H,8-9H2,1-2H3,(H,17,21). The molecule has 1 aromatic heterocycles. The third-order valence-corrected chi connectivity index (χ3v) is 3.76. The molecular formula is C16H16N4O4. The number of hydrogen-bond acceptors (Lipinski definition) is 5. The summed E-state index contributed by atoms with van der Waals surface area (Å²) in [6.45, 7) is 1.39. The van der Waals surface area contributed by atoms with Gasteiger partial charge in [0.15, 0.2) is 0 Å². The van der Waals surface area contributed by atoms with Gasteiger partial charge in [-0.25, -0.2) is 4.79 Å². The number of carbonyl (C=O) groups is 3. The van der Waals surface area contributed by atoms with E-state index in [2.05, 4.69) is 10.5 Å². The molecule has 0 unspecified atom stereocenters. The van der Waals surface area contributed by atoms with E-state index in [4.69, 9.17) is 4.52 Å². The van der Waals surface area contributed by atoms with Crippen molar-refractivity contribution in [1.29, 1.82) is 0 Å². The van der Waals surface area contributed by atoms with E-state index in [0.717, 1.165) is 10.5 Å². The summed E-state index contributed by atoms with van der Waals surface area (Å²) in [5, 5.41) is 6.52. The third-order valence-electron chi connectivity index (χ3n) is 3.76. The van der Waals surface area contributed by atoms with Crippen molar-refractivity contribution in [3.05, 3.63) is 35.9 Å². The number of nitrogens with zero attached hydrogens (tertiary/aromatic N) is 3. The van der Waals surface area contributed by atoms with Crippen LogP contribution in [0.15, 0.2) is 34.9 Å². The van der Waals surface area contributed by atoms with Crippen molar-refractivity contribution in [3.8, 4) is 11.3 Å². The lowest BCUT2D eigenvalue weighted by Crippen LogP contribution is -2.38. The van der Waals surface area contributed by atoms with Crippen LogP contribution >= 0.6 is 0 Å². The zero-order chi connectivity index (χ0) is 17.3. The van der Waals surface area contributed by atoms with E-state index < -0.39 is 17.8 Å². The molecule has 3 rings (SSSR count). The molecule has 0 radical (unpaired) electrons. The first-order valence-electron chi connectivity index (χ1n) is 7.34. The Balaban J connectivity index is 1.71. The lowest BCUT2D eigenvalue weighted by Gasteiger charge is -2.13. The van der Waals surface area contributed by atoms with Crippen LogP contribution in [0.5, 0.6) is 0 Å². The average Bonchev–Trinajstić information content (AvgIpc) is 3.03. The maximum Gasteiger partial charge on any atom is 0.327 e. The van der Waals surface area contributed by atoms with Gasteiger partial charge in [-0.3, -0.25) is 19.8 Å². The molecule has 1 fully saturated rings.